The molecule has 3 rings (SSSR count). The fourth-order valence-electron chi connectivity index (χ4n) is 6.66. The summed E-state index contributed by atoms with van der Waals surface area (Å²) in [5.41, 5.74) is -0.681. The van der Waals surface area contributed by atoms with E-state index in [2.05, 4.69) is 10.6 Å². The number of hydrogen-bond acceptors (Lipinski definition) is 4. The topological polar surface area (TPSA) is 96.5 Å². The van der Waals surface area contributed by atoms with E-state index in [0.29, 0.717) is 0 Å². The molecule has 1 aromatic rings. The first-order chi connectivity index (χ1) is 20.7. The molecule has 44 heavy (non-hydrogen) atoms. The van der Waals surface area contributed by atoms with Crippen molar-refractivity contribution >= 4 is 35.2 Å². The van der Waals surface area contributed by atoms with E-state index in [1.54, 1.807) is 26.1 Å². The summed E-state index contributed by atoms with van der Waals surface area (Å²) >= 11 is 6.11. The Kier molecular flexibility index (Phi) is 13.2. The first kappa shape index (κ1) is 35.9. The normalized spacial score (nSPS) is 18.9. The van der Waals surface area contributed by atoms with E-state index >= 15 is 4.39 Å². The molecule has 0 radical (unpaired) electrons. The zero-order valence-corrected chi connectivity index (χ0v) is 26.8. The molecule has 248 valence electrons. The van der Waals surface area contributed by atoms with Crippen molar-refractivity contribution < 1.29 is 36.7 Å². The number of carbonyl (C=O) groups excluding carboxylic acids is 3. The van der Waals surface area contributed by atoms with Gasteiger partial charge in [-0.2, -0.15) is 0 Å². The van der Waals surface area contributed by atoms with Crippen LogP contribution >= 0.6 is 11.6 Å². The molecule has 0 spiro atoms. The zero-order valence-electron chi connectivity index (χ0n) is 26.0. The standard InChI is InChI=1S/C32H46ClF4N3O4/c1-18(29(41)40-28(37)27(35)36)22-16-23(34)24(15-21(22)17-33)38-30(42)26(39-31(43)44-32(2,3)4)25(19-11-7-5-8-12-19)20-13-9-6-10-14-20/h15-16,18-20,25-28H,5-14,17H2,1-4H3,(H,38,42)(H,39,43)(H,40,41)/t18?,26-,28?/m0/s1. The average Bonchev–Trinajstić information content (AvgIpc) is 2.97. The summed E-state index contributed by atoms with van der Waals surface area (Å²) in [6, 6.07) is 1.28. The summed E-state index contributed by atoms with van der Waals surface area (Å²) in [5, 5.41) is 7.06. The summed E-state index contributed by atoms with van der Waals surface area (Å²) < 4.78 is 59.7. The van der Waals surface area contributed by atoms with E-state index < -0.39 is 54.0 Å². The van der Waals surface area contributed by atoms with E-state index in [1.807, 2.05) is 0 Å². The number of ether oxygens (including phenoxy) is 1. The van der Waals surface area contributed by atoms with Crippen molar-refractivity contribution in [2.45, 2.75) is 128 Å². The van der Waals surface area contributed by atoms with Crippen LogP contribution in [0, 0.1) is 23.6 Å². The summed E-state index contributed by atoms with van der Waals surface area (Å²) in [6.45, 7) is 6.51. The van der Waals surface area contributed by atoms with Crippen LogP contribution in [-0.4, -0.2) is 42.3 Å². The number of amides is 3. The van der Waals surface area contributed by atoms with Crippen molar-refractivity contribution in [3.05, 3.63) is 29.1 Å². The lowest BCUT2D eigenvalue weighted by Crippen LogP contribution is -2.54. The smallest absolute Gasteiger partial charge is 0.408 e. The van der Waals surface area contributed by atoms with Gasteiger partial charge in [0.1, 0.15) is 17.5 Å². The Morgan fingerprint density at radius 1 is 0.909 bits per heavy atom. The molecule has 12 heteroatoms. The quantitative estimate of drug-likeness (QED) is 0.129. The van der Waals surface area contributed by atoms with Gasteiger partial charge in [0.25, 0.3) is 6.43 Å². The summed E-state index contributed by atoms with van der Waals surface area (Å²) in [6.07, 6.45) is 3.11. The molecule has 0 saturated heterocycles. The number of rotatable bonds is 11. The lowest BCUT2D eigenvalue weighted by atomic mass is 9.66. The van der Waals surface area contributed by atoms with Crippen LogP contribution in [0.3, 0.4) is 0 Å². The fraction of sp³-hybridized carbons (Fsp3) is 0.719. The molecule has 2 aliphatic rings. The van der Waals surface area contributed by atoms with E-state index in [0.717, 1.165) is 70.3 Å². The third-order valence-corrected chi connectivity index (χ3v) is 9.01. The maximum Gasteiger partial charge on any atom is 0.408 e. The lowest BCUT2D eigenvalue weighted by Gasteiger charge is -2.42. The molecule has 7 nitrogen and oxygen atoms in total. The van der Waals surface area contributed by atoms with Crippen LogP contribution in [0.1, 0.15) is 109 Å². The van der Waals surface area contributed by atoms with Crippen LogP contribution in [0.25, 0.3) is 0 Å². The molecule has 2 saturated carbocycles. The number of benzene rings is 1. The van der Waals surface area contributed by atoms with Gasteiger partial charge in [0.05, 0.1) is 11.6 Å². The number of alkyl halides is 4. The number of halogens is 5. The Morgan fingerprint density at radius 2 is 1.45 bits per heavy atom. The van der Waals surface area contributed by atoms with Gasteiger partial charge in [-0.15, -0.1) is 11.6 Å². The van der Waals surface area contributed by atoms with Gasteiger partial charge < -0.3 is 20.7 Å². The molecular weight excluding hydrogens is 602 g/mol. The van der Waals surface area contributed by atoms with E-state index in [-0.39, 0.29) is 40.4 Å². The van der Waals surface area contributed by atoms with E-state index in [1.165, 1.54) is 13.0 Å². The lowest BCUT2D eigenvalue weighted by molar-refractivity contribution is -0.126. The van der Waals surface area contributed by atoms with Crippen LogP contribution in [0.2, 0.25) is 0 Å². The van der Waals surface area contributed by atoms with Gasteiger partial charge in [0.2, 0.25) is 18.1 Å². The zero-order chi connectivity index (χ0) is 32.6. The van der Waals surface area contributed by atoms with Crippen molar-refractivity contribution in [3.63, 3.8) is 0 Å². The number of anilines is 1. The Bertz CT molecular complexity index is 1120. The molecule has 0 aromatic heterocycles. The third-order valence-electron chi connectivity index (χ3n) is 8.72. The highest BCUT2D eigenvalue weighted by Gasteiger charge is 2.42. The minimum atomic E-state index is -3.42. The molecule has 2 fully saturated rings. The van der Waals surface area contributed by atoms with Crippen LogP contribution in [0.4, 0.5) is 28.0 Å². The van der Waals surface area contributed by atoms with Crippen LogP contribution in [0.15, 0.2) is 12.1 Å². The number of nitrogens with one attached hydrogen (secondary N) is 3. The monoisotopic (exact) mass is 647 g/mol. The highest BCUT2D eigenvalue weighted by atomic mass is 35.5. The Hall–Kier alpha value is -2.56. The SMILES string of the molecule is CC(C(=O)NC(F)C(F)F)c1cc(F)c(NC(=O)[C@@H](NC(=O)OC(C)(C)C)C(C2CCCCC2)C2CCCCC2)cc1CCl. The molecule has 3 amide bonds. The molecule has 3 atom stereocenters. The van der Waals surface area contributed by atoms with Gasteiger partial charge >= 0.3 is 6.09 Å². The first-order valence-corrected chi connectivity index (χ1v) is 16.2. The average molecular weight is 648 g/mol. The second-order valence-corrected chi connectivity index (χ2v) is 13.4. The van der Waals surface area contributed by atoms with E-state index in [4.69, 9.17) is 16.3 Å². The van der Waals surface area contributed by atoms with Crippen molar-refractivity contribution in [1.82, 2.24) is 10.6 Å². The molecule has 0 bridgehead atoms. The Labute approximate surface area is 262 Å². The Morgan fingerprint density at radius 3 is 1.93 bits per heavy atom. The molecule has 2 unspecified atom stereocenters. The first-order valence-electron chi connectivity index (χ1n) is 15.6. The van der Waals surface area contributed by atoms with Gasteiger partial charge in [-0.05, 0) is 68.7 Å². The number of hydrogen-bond donors (Lipinski definition) is 3. The highest BCUT2D eigenvalue weighted by molar-refractivity contribution is 6.17. The summed E-state index contributed by atoms with van der Waals surface area (Å²) in [7, 11) is 0. The molecule has 2 aliphatic carbocycles. The highest BCUT2D eigenvalue weighted by Crippen LogP contribution is 2.42. The second-order valence-electron chi connectivity index (χ2n) is 13.1. The van der Waals surface area contributed by atoms with Crippen molar-refractivity contribution in [1.29, 1.82) is 0 Å². The maximum atomic E-state index is 15.5. The van der Waals surface area contributed by atoms with Crippen LogP contribution < -0.4 is 16.0 Å². The molecule has 1 aromatic carbocycles. The van der Waals surface area contributed by atoms with Gasteiger partial charge in [0, 0.05) is 5.88 Å². The summed E-state index contributed by atoms with van der Waals surface area (Å²) in [4.78, 5) is 39.5. The summed E-state index contributed by atoms with van der Waals surface area (Å²) in [5.74, 6) is -3.72. The van der Waals surface area contributed by atoms with Crippen molar-refractivity contribution in [3.8, 4) is 0 Å². The van der Waals surface area contributed by atoms with Gasteiger partial charge in [-0.3, -0.25) is 9.59 Å². The van der Waals surface area contributed by atoms with Gasteiger partial charge in [0.15, 0.2) is 0 Å². The Balaban J connectivity index is 1.94. The minimum absolute atomic E-state index is 0.0696. The fourth-order valence-corrected chi connectivity index (χ4v) is 6.89. The molecule has 3 N–H and O–H groups in total. The van der Waals surface area contributed by atoms with Crippen molar-refractivity contribution in [2.75, 3.05) is 5.32 Å². The van der Waals surface area contributed by atoms with Crippen molar-refractivity contribution in [2.24, 2.45) is 17.8 Å². The van der Waals surface area contributed by atoms with Crippen LogP contribution in [-0.2, 0) is 20.2 Å². The largest absolute Gasteiger partial charge is 0.444 e. The number of carbonyl (C=O) groups is 3. The minimum Gasteiger partial charge on any atom is -0.444 e. The second kappa shape index (κ2) is 16.1. The third kappa shape index (κ3) is 9.97. The van der Waals surface area contributed by atoms with Crippen LogP contribution in [0.5, 0.6) is 0 Å². The van der Waals surface area contributed by atoms with Gasteiger partial charge in [-0.25, -0.2) is 22.4 Å². The maximum absolute atomic E-state index is 15.5. The number of alkyl carbamates (subject to hydrolysis) is 1. The molecule has 0 aliphatic heterocycles. The van der Waals surface area contributed by atoms with E-state index in [9.17, 15) is 27.6 Å². The molecule has 0 heterocycles. The predicted molar refractivity (Wildman–Crippen MR) is 162 cm³/mol. The molecular formula is C32H46ClF4N3O4. The predicted octanol–water partition coefficient (Wildman–Crippen LogP) is 7.95. The van der Waals surface area contributed by atoms with Gasteiger partial charge in [-0.1, -0.05) is 64.2 Å².